The molecule has 0 spiro atoms. The summed E-state index contributed by atoms with van der Waals surface area (Å²) in [7, 11) is -3.27. The second kappa shape index (κ2) is 8.54. The maximum atomic E-state index is 13.0. The second-order valence-electron chi connectivity index (χ2n) is 6.53. The molecule has 0 amide bonds. The van der Waals surface area contributed by atoms with E-state index in [9.17, 15) is 12.8 Å². The zero-order chi connectivity index (χ0) is 19.3. The lowest BCUT2D eigenvalue weighted by Gasteiger charge is -2.26. The van der Waals surface area contributed by atoms with Crippen molar-refractivity contribution in [2.45, 2.75) is 6.42 Å². The van der Waals surface area contributed by atoms with Crippen molar-refractivity contribution in [2.24, 2.45) is 0 Å². The lowest BCUT2D eigenvalue weighted by atomic mass is 9.99. The van der Waals surface area contributed by atoms with E-state index < -0.39 is 10.0 Å². The van der Waals surface area contributed by atoms with E-state index in [2.05, 4.69) is 15.7 Å². The third kappa shape index (κ3) is 6.08. The molecule has 2 aromatic carbocycles. The maximum absolute atomic E-state index is 13.0. The molecule has 0 aliphatic carbocycles. The molecule has 1 heterocycles. The van der Waals surface area contributed by atoms with Crippen LogP contribution < -0.4 is 9.46 Å². The lowest BCUT2D eigenvalue weighted by molar-refractivity contribution is 0.222. The van der Waals surface area contributed by atoms with Gasteiger partial charge in [0.25, 0.3) is 0 Å². The molecule has 3 rings (SSSR count). The van der Waals surface area contributed by atoms with Gasteiger partial charge in [0.1, 0.15) is 18.2 Å². The van der Waals surface area contributed by atoms with Crippen molar-refractivity contribution in [2.75, 3.05) is 37.2 Å². The second-order valence-corrected chi connectivity index (χ2v) is 8.28. The maximum Gasteiger partial charge on any atom is 0.229 e. The van der Waals surface area contributed by atoms with E-state index >= 15 is 0 Å². The largest absolute Gasteiger partial charge is 0.492 e. The zero-order valence-electron chi connectivity index (χ0n) is 15.2. The fourth-order valence-electron chi connectivity index (χ4n) is 2.97. The van der Waals surface area contributed by atoms with Gasteiger partial charge in [-0.05, 0) is 54.0 Å². The molecular formula is C20H23FN2O3S. The van der Waals surface area contributed by atoms with E-state index in [1.165, 1.54) is 17.7 Å². The predicted octanol–water partition coefficient (Wildman–Crippen LogP) is 3.37. The SMILES string of the molecule is CS(=O)(=O)Nc1ccc(OCCN2CC=C(c3ccc(F)cc3)CC2)cc1. The van der Waals surface area contributed by atoms with E-state index in [4.69, 9.17) is 4.74 Å². The molecule has 5 nitrogen and oxygen atoms in total. The molecule has 1 N–H and O–H groups in total. The summed E-state index contributed by atoms with van der Waals surface area (Å²) in [6.07, 6.45) is 4.23. The molecule has 27 heavy (non-hydrogen) atoms. The number of sulfonamides is 1. The monoisotopic (exact) mass is 390 g/mol. The Hall–Kier alpha value is -2.38. The van der Waals surface area contributed by atoms with Gasteiger partial charge >= 0.3 is 0 Å². The minimum Gasteiger partial charge on any atom is -0.492 e. The van der Waals surface area contributed by atoms with Crippen molar-refractivity contribution in [3.63, 3.8) is 0 Å². The van der Waals surface area contributed by atoms with Crippen molar-refractivity contribution in [1.82, 2.24) is 4.90 Å². The fourth-order valence-corrected chi connectivity index (χ4v) is 3.53. The van der Waals surface area contributed by atoms with Gasteiger partial charge in [-0.25, -0.2) is 12.8 Å². The van der Waals surface area contributed by atoms with Crippen LogP contribution in [0, 0.1) is 5.82 Å². The molecule has 0 saturated carbocycles. The molecule has 144 valence electrons. The van der Waals surface area contributed by atoms with Crippen LogP contribution in [0.2, 0.25) is 0 Å². The molecular weight excluding hydrogens is 367 g/mol. The Morgan fingerprint density at radius 1 is 1.11 bits per heavy atom. The van der Waals surface area contributed by atoms with Gasteiger partial charge in [0.05, 0.1) is 6.26 Å². The summed E-state index contributed by atoms with van der Waals surface area (Å²) in [5, 5.41) is 0. The normalized spacial score (nSPS) is 15.3. The van der Waals surface area contributed by atoms with Gasteiger partial charge in [-0.3, -0.25) is 9.62 Å². The fraction of sp³-hybridized carbons (Fsp3) is 0.300. The summed E-state index contributed by atoms with van der Waals surface area (Å²) in [5.74, 6) is 0.489. The standard InChI is InChI=1S/C20H23FN2O3S/c1-27(24,25)22-19-6-8-20(9-7-19)26-15-14-23-12-10-17(11-13-23)16-2-4-18(21)5-3-16/h2-10,22H,11-15H2,1H3. The Balaban J connectivity index is 1.44. The Kier molecular flexibility index (Phi) is 6.13. The van der Waals surface area contributed by atoms with Crippen LogP contribution in [0.1, 0.15) is 12.0 Å². The van der Waals surface area contributed by atoms with Gasteiger partial charge in [-0.1, -0.05) is 18.2 Å². The summed E-state index contributed by atoms with van der Waals surface area (Å²) >= 11 is 0. The molecule has 1 aliphatic heterocycles. The van der Waals surface area contributed by atoms with E-state index in [1.54, 1.807) is 24.3 Å². The molecule has 0 aromatic heterocycles. The van der Waals surface area contributed by atoms with Crippen LogP contribution in [-0.2, 0) is 10.0 Å². The van der Waals surface area contributed by atoms with Crippen LogP contribution in [0.3, 0.4) is 0 Å². The minimum absolute atomic E-state index is 0.214. The van der Waals surface area contributed by atoms with Crippen LogP contribution in [-0.4, -0.2) is 45.8 Å². The molecule has 0 unspecified atom stereocenters. The van der Waals surface area contributed by atoms with Gasteiger partial charge < -0.3 is 4.74 Å². The Morgan fingerprint density at radius 2 is 1.81 bits per heavy atom. The third-order valence-electron chi connectivity index (χ3n) is 4.34. The molecule has 2 aromatic rings. The Labute approximate surface area is 159 Å². The molecule has 0 atom stereocenters. The minimum atomic E-state index is -3.27. The summed E-state index contributed by atoms with van der Waals surface area (Å²) in [4.78, 5) is 2.30. The van der Waals surface area contributed by atoms with Gasteiger partial charge in [-0.15, -0.1) is 0 Å². The van der Waals surface area contributed by atoms with Gasteiger partial charge in [-0.2, -0.15) is 0 Å². The van der Waals surface area contributed by atoms with E-state index in [1.807, 2.05) is 12.1 Å². The average molecular weight is 390 g/mol. The van der Waals surface area contributed by atoms with Crippen molar-refractivity contribution >= 4 is 21.3 Å². The summed E-state index contributed by atoms with van der Waals surface area (Å²) in [5.41, 5.74) is 2.84. The molecule has 0 saturated heterocycles. The highest BCUT2D eigenvalue weighted by molar-refractivity contribution is 7.92. The van der Waals surface area contributed by atoms with Gasteiger partial charge in [0.15, 0.2) is 0 Å². The van der Waals surface area contributed by atoms with Gasteiger partial charge in [0, 0.05) is 25.3 Å². The number of benzene rings is 2. The molecule has 1 aliphatic rings. The summed E-state index contributed by atoms with van der Waals surface area (Å²) < 4.78 is 43.6. The van der Waals surface area contributed by atoms with Crippen LogP contribution >= 0.6 is 0 Å². The smallest absolute Gasteiger partial charge is 0.229 e. The van der Waals surface area contributed by atoms with Crippen molar-refractivity contribution in [1.29, 1.82) is 0 Å². The van der Waals surface area contributed by atoms with E-state index in [0.29, 0.717) is 18.0 Å². The number of hydrogen-bond donors (Lipinski definition) is 1. The molecule has 7 heteroatoms. The highest BCUT2D eigenvalue weighted by Crippen LogP contribution is 2.22. The van der Waals surface area contributed by atoms with Crippen molar-refractivity contribution in [3.05, 3.63) is 66.0 Å². The van der Waals surface area contributed by atoms with Crippen molar-refractivity contribution in [3.8, 4) is 5.75 Å². The first-order valence-electron chi connectivity index (χ1n) is 8.77. The molecule has 0 bridgehead atoms. The first-order valence-corrected chi connectivity index (χ1v) is 10.7. The highest BCUT2D eigenvalue weighted by atomic mass is 32.2. The number of hydrogen-bond acceptors (Lipinski definition) is 4. The molecule has 0 radical (unpaired) electrons. The summed E-state index contributed by atoms with van der Waals surface area (Å²) in [6, 6.07) is 13.5. The molecule has 0 fully saturated rings. The van der Waals surface area contributed by atoms with Crippen molar-refractivity contribution < 1.29 is 17.5 Å². The number of nitrogens with zero attached hydrogens (tertiary/aromatic N) is 1. The van der Waals surface area contributed by atoms with Crippen LogP contribution in [0.4, 0.5) is 10.1 Å². The van der Waals surface area contributed by atoms with Crippen LogP contribution in [0.5, 0.6) is 5.75 Å². The Morgan fingerprint density at radius 3 is 2.41 bits per heavy atom. The zero-order valence-corrected chi connectivity index (χ0v) is 16.0. The average Bonchev–Trinajstić information content (AvgIpc) is 2.63. The number of halogens is 1. The predicted molar refractivity (Wildman–Crippen MR) is 106 cm³/mol. The quantitative estimate of drug-likeness (QED) is 0.788. The third-order valence-corrected chi connectivity index (χ3v) is 4.95. The topological polar surface area (TPSA) is 58.6 Å². The van der Waals surface area contributed by atoms with Crippen LogP contribution in [0.15, 0.2) is 54.6 Å². The van der Waals surface area contributed by atoms with E-state index in [-0.39, 0.29) is 5.82 Å². The number of rotatable bonds is 7. The summed E-state index contributed by atoms with van der Waals surface area (Å²) in [6.45, 7) is 3.13. The van der Waals surface area contributed by atoms with Gasteiger partial charge in [0.2, 0.25) is 10.0 Å². The number of ether oxygens (including phenoxy) is 1. The Bertz CT molecular complexity index is 894. The first kappa shape index (κ1) is 19.4. The highest BCUT2D eigenvalue weighted by Gasteiger charge is 2.13. The lowest BCUT2D eigenvalue weighted by Crippen LogP contribution is -2.32. The number of anilines is 1. The number of nitrogens with one attached hydrogen (secondary N) is 1. The van der Waals surface area contributed by atoms with Crippen LogP contribution in [0.25, 0.3) is 5.57 Å². The van der Waals surface area contributed by atoms with E-state index in [0.717, 1.165) is 37.9 Å². The first-order chi connectivity index (χ1) is 12.9.